The van der Waals surface area contributed by atoms with E-state index in [-0.39, 0.29) is 0 Å². The molecule has 39 heavy (non-hydrogen) atoms. The van der Waals surface area contributed by atoms with Gasteiger partial charge in [-0.15, -0.1) is 0 Å². The van der Waals surface area contributed by atoms with Crippen LogP contribution in [0, 0.1) is 87.3 Å². The fourth-order valence-corrected chi connectivity index (χ4v) is 8.63. The number of rotatable bonds is 5. The first-order chi connectivity index (χ1) is 18.0. The lowest BCUT2D eigenvalue weighted by molar-refractivity contribution is -0.138. The van der Waals surface area contributed by atoms with E-state index in [2.05, 4.69) is 4.74 Å². The Balaban J connectivity index is 2.91. The number of benzene rings is 3. The lowest BCUT2D eigenvalue weighted by Gasteiger charge is -2.34. The molecule has 0 unspecified atom stereocenters. The monoisotopic (exact) mass is 602 g/mol. The molecule has 0 amide bonds. The summed E-state index contributed by atoms with van der Waals surface area (Å²) in [7, 11) is -6.84. The highest BCUT2D eigenvalue weighted by Crippen LogP contribution is 2.30. The van der Waals surface area contributed by atoms with Crippen LogP contribution in [0.3, 0.4) is 0 Å². The summed E-state index contributed by atoms with van der Waals surface area (Å²) in [5.74, 6) is -49.0. The Bertz CT molecular complexity index is 1300. The minimum Gasteiger partial charge on any atom is -0.469 e. The zero-order chi connectivity index (χ0) is 29.9. The van der Waals surface area contributed by atoms with Crippen LogP contribution in [0.5, 0.6) is 0 Å². The molecule has 2 nitrogen and oxygen atoms in total. The fourth-order valence-electron chi connectivity index (χ4n) is 3.87. The Kier molecular flexibility index (Phi) is 7.74. The molecule has 0 saturated carbocycles. The van der Waals surface area contributed by atoms with Gasteiger partial charge in [0.05, 0.1) is 13.2 Å². The van der Waals surface area contributed by atoms with Crippen LogP contribution in [0.1, 0.15) is 0 Å². The van der Waals surface area contributed by atoms with Crippen LogP contribution in [0.2, 0.25) is 6.04 Å². The predicted octanol–water partition coefficient (Wildman–Crippen LogP) is 4.42. The van der Waals surface area contributed by atoms with Crippen LogP contribution in [0.25, 0.3) is 0 Å². The third-order valence-corrected chi connectivity index (χ3v) is 10.2. The van der Waals surface area contributed by atoms with Crippen molar-refractivity contribution >= 4 is 29.6 Å². The average molecular weight is 602 g/mol. The zero-order valence-electron chi connectivity index (χ0n) is 18.2. The first kappa shape index (κ1) is 29.8. The van der Waals surface area contributed by atoms with E-state index in [0.717, 1.165) is 0 Å². The van der Waals surface area contributed by atoms with E-state index in [1.54, 1.807) is 0 Å². The summed E-state index contributed by atoms with van der Waals surface area (Å²) >= 11 is 0. The van der Waals surface area contributed by atoms with Crippen molar-refractivity contribution in [2.24, 2.45) is 0 Å². The number of hydrogen-bond donors (Lipinski definition) is 0. The van der Waals surface area contributed by atoms with Crippen molar-refractivity contribution in [2.75, 3.05) is 7.11 Å². The Morgan fingerprint density at radius 1 is 0.436 bits per heavy atom. The Hall–Kier alpha value is -3.70. The molecule has 0 aliphatic rings. The molecule has 3 aromatic rings. The van der Waals surface area contributed by atoms with E-state index in [4.69, 9.17) is 0 Å². The van der Waals surface area contributed by atoms with Crippen molar-refractivity contribution in [3.8, 4) is 0 Å². The Morgan fingerprint density at radius 2 is 0.615 bits per heavy atom. The van der Waals surface area contributed by atoms with E-state index >= 15 is 26.3 Å². The van der Waals surface area contributed by atoms with Gasteiger partial charge >= 0.3 is 5.97 Å². The zero-order valence-corrected chi connectivity index (χ0v) is 19.2. The first-order valence-corrected chi connectivity index (χ1v) is 11.8. The highest BCUT2D eigenvalue weighted by Gasteiger charge is 2.56. The number of carbonyl (C=O) groups is 1. The van der Waals surface area contributed by atoms with Crippen molar-refractivity contribution in [3.05, 3.63) is 87.3 Å². The molecular weight excluding hydrogens is 597 g/mol. The topological polar surface area (TPSA) is 26.3 Å². The lowest BCUT2D eigenvalue weighted by Crippen LogP contribution is -2.74. The smallest absolute Gasteiger partial charge is 0.303 e. The molecule has 18 heteroatoms. The van der Waals surface area contributed by atoms with Crippen molar-refractivity contribution in [1.29, 1.82) is 0 Å². The Morgan fingerprint density at radius 3 is 0.795 bits per heavy atom. The maximum Gasteiger partial charge on any atom is 0.303 e. The van der Waals surface area contributed by atoms with Crippen molar-refractivity contribution in [1.82, 2.24) is 0 Å². The van der Waals surface area contributed by atoms with Gasteiger partial charge in [-0.2, -0.15) is 0 Å². The molecule has 0 aliphatic heterocycles. The molecule has 0 N–H and O–H groups in total. The third-order valence-electron chi connectivity index (χ3n) is 5.55. The molecule has 0 aliphatic carbocycles. The van der Waals surface area contributed by atoms with Crippen molar-refractivity contribution in [2.45, 2.75) is 6.04 Å². The number of methoxy groups -OCH3 is 1. The predicted molar refractivity (Wildman–Crippen MR) is 100 cm³/mol. The summed E-state index contributed by atoms with van der Waals surface area (Å²) < 4.78 is 221. The third kappa shape index (κ3) is 4.11. The van der Waals surface area contributed by atoms with Crippen molar-refractivity contribution < 1.29 is 75.4 Å². The van der Waals surface area contributed by atoms with Crippen molar-refractivity contribution in [3.63, 3.8) is 0 Å². The van der Waals surface area contributed by atoms with Gasteiger partial charge in [0.15, 0.2) is 77.9 Å². The molecule has 3 aromatic carbocycles. The van der Waals surface area contributed by atoms with E-state index in [9.17, 15) is 44.3 Å². The quantitative estimate of drug-likeness (QED) is 0.108. The minimum atomic E-state index is -7.20. The van der Waals surface area contributed by atoms with Gasteiger partial charge in [0.2, 0.25) is 17.5 Å². The molecule has 3 rings (SSSR count). The highest BCUT2D eigenvalue weighted by atomic mass is 28.3. The summed E-state index contributed by atoms with van der Waals surface area (Å²) in [5, 5.41) is -8.39. The second-order valence-corrected chi connectivity index (χ2v) is 11.2. The Labute approximate surface area is 206 Å². The molecule has 0 saturated heterocycles. The van der Waals surface area contributed by atoms with Crippen LogP contribution < -0.4 is 15.6 Å². The summed E-state index contributed by atoms with van der Waals surface area (Å²) in [6.45, 7) is 0. The van der Waals surface area contributed by atoms with Crippen LogP contribution in [0.15, 0.2) is 0 Å². The summed E-state index contributed by atoms with van der Waals surface area (Å²) in [6, 6.07) is -2.42. The van der Waals surface area contributed by atoms with Crippen LogP contribution in [-0.4, -0.2) is 21.2 Å². The molecular formula is C21H5F15O2Si. The second kappa shape index (κ2) is 10.1. The normalized spacial score (nSPS) is 11.8. The van der Waals surface area contributed by atoms with Crippen LogP contribution in [-0.2, 0) is 9.53 Å². The molecule has 0 aromatic heterocycles. The molecule has 0 atom stereocenters. The number of carbonyl (C=O) groups excluding carboxylic acids is 1. The number of hydrogen-bond acceptors (Lipinski definition) is 2. The largest absolute Gasteiger partial charge is 0.469 e. The molecule has 0 radical (unpaired) electrons. The van der Waals surface area contributed by atoms with Crippen LogP contribution in [0.4, 0.5) is 65.9 Å². The standard InChI is InChI=1S/C21H5F15O2Si/c1-38-3(37)2-39(19-13(31)7(25)4(22)8(26)14(19)32,20-15(33)9(27)5(23)10(28)16(20)34)21-17(35)11(29)6(24)12(30)18(21)36/h2H2,1H3. The summed E-state index contributed by atoms with van der Waals surface area (Å²) in [5.41, 5.74) is 0. The maximum atomic E-state index is 15.1. The van der Waals surface area contributed by atoms with Gasteiger partial charge in [0.25, 0.3) is 0 Å². The summed E-state index contributed by atoms with van der Waals surface area (Å²) in [6.07, 6.45) is 0. The maximum absolute atomic E-state index is 15.1. The second-order valence-electron chi connectivity index (χ2n) is 7.49. The molecule has 210 valence electrons. The van der Waals surface area contributed by atoms with Gasteiger partial charge in [-0.1, -0.05) is 0 Å². The molecule has 0 heterocycles. The summed E-state index contributed by atoms with van der Waals surface area (Å²) in [4.78, 5) is 12.2. The van der Waals surface area contributed by atoms with E-state index in [1.807, 2.05) is 0 Å². The van der Waals surface area contributed by atoms with Gasteiger partial charge in [0.1, 0.15) is 0 Å². The highest BCUT2D eigenvalue weighted by molar-refractivity contribution is 7.13. The molecule has 0 bridgehead atoms. The van der Waals surface area contributed by atoms with E-state index in [1.165, 1.54) is 0 Å². The number of halogens is 15. The van der Waals surface area contributed by atoms with Gasteiger partial charge in [-0.3, -0.25) is 4.79 Å². The fraction of sp³-hybridized carbons (Fsp3) is 0.0952. The number of ether oxygens (including phenoxy) is 1. The molecule has 0 spiro atoms. The van der Waals surface area contributed by atoms with Crippen LogP contribution >= 0.6 is 0 Å². The lowest BCUT2D eigenvalue weighted by atomic mass is 10.3. The van der Waals surface area contributed by atoms with Gasteiger partial charge in [-0.05, 0) is 0 Å². The minimum absolute atomic E-state index is 0.358. The van der Waals surface area contributed by atoms with Gasteiger partial charge in [-0.25, -0.2) is 65.9 Å². The van der Waals surface area contributed by atoms with Gasteiger partial charge in [0, 0.05) is 15.6 Å². The van der Waals surface area contributed by atoms with E-state index < -0.39 is 123 Å². The molecule has 0 fully saturated rings. The SMILES string of the molecule is COC(=O)C[Si](c1c(F)c(F)c(F)c(F)c1F)(c1c(F)c(F)c(F)c(F)c1F)c1c(F)c(F)c(F)c(F)c1F. The number of esters is 1. The van der Waals surface area contributed by atoms with E-state index in [0.29, 0.717) is 7.11 Å². The average Bonchev–Trinajstić information content (AvgIpc) is 2.90. The van der Waals surface area contributed by atoms with Gasteiger partial charge < -0.3 is 4.74 Å². The first-order valence-electron chi connectivity index (χ1n) is 9.61.